The van der Waals surface area contributed by atoms with Gasteiger partial charge in [0.2, 0.25) is 0 Å². The van der Waals surface area contributed by atoms with E-state index in [-0.39, 0.29) is 0 Å². The first kappa shape index (κ1) is 14.9. The predicted octanol–water partition coefficient (Wildman–Crippen LogP) is 4.55. The molecule has 2 fully saturated rings. The first-order chi connectivity index (χ1) is 9.36. The van der Waals surface area contributed by atoms with Crippen LogP contribution in [0.15, 0.2) is 12.3 Å². The summed E-state index contributed by atoms with van der Waals surface area (Å²) in [6.07, 6.45) is 15.3. The topological polar surface area (TPSA) is 18.5 Å². The highest BCUT2D eigenvalue weighted by Crippen LogP contribution is 2.50. The van der Waals surface area contributed by atoms with E-state index >= 15 is 0 Å². The van der Waals surface area contributed by atoms with Crippen molar-refractivity contribution in [3.8, 4) is 0 Å². The Morgan fingerprint density at radius 2 is 1.84 bits per heavy atom. The molecule has 2 saturated carbocycles. The van der Waals surface area contributed by atoms with Crippen molar-refractivity contribution in [1.82, 2.24) is 0 Å². The van der Waals surface area contributed by atoms with Crippen molar-refractivity contribution in [2.45, 2.75) is 64.4 Å². The van der Waals surface area contributed by atoms with Gasteiger partial charge in [-0.1, -0.05) is 32.6 Å². The van der Waals surface area contributed by atoms with E-state index in [0.29, 0.717) is 12.0 Å². The molecule has 0 aliphatic heterocycles. The smallest absolute Gasteiger partial charge is 0.0788 e. The van der Waals surface area contributed by atoms with Gasteiger partial charge in [0.05, 0.1) is 19.5 Å². The number of ether oxygens (including phenoxy) is 2. The van der Waals surface area contributed by atoms with Gasteiger partial charge in [-0.2, -0.15) is 0 Å². The minimum atomic E-state index is 0.469. The highest BCUT2D eigenvalue weighted by atomic mass is 16.5. The molecule has 2 heteroatoms. The Morgan fingerprint density at radius 1 is 1.05 bits per heavy atom. The standard InChI is InChI=1S/C17H30O2/c1-3-4-5-6-7-11-19-17-15-9-8-14(13-15)16(17)10-12-18-2/h10,12,14-17H,3-9,11,13H2,1-2H3/t14-,15+,16-,17-/m0/s1. The fourth-order valence-corrected chi connectivity index (χ4v) is 3.89. The van der Waals surface area contributed by atoms with Gasteiger partial charge in [-0.15, -0.1) is 0 Å². The van der Waals surface area contributed by atoms with Crippen LogP contribution in [0.1, 0.15) is 58.3 Å². The minimum absolute atomic E-state index is 0.469. The van der Waals surface area contributed by atoms with Crippen LogP contribution in [-0.4, -0.2) is 19.8 Å². The third-order valence-electron chi connectivity index (χ3n) is 4.90. The summed E-state index contributed by atoms with van der Waals surface area (Å²) in [7, 11) is 1.73. The van der Waals surface area contributed by atoms with Gasteiger partial charge < -0.3 is 9.47 Å². The van der Waals surface area contributed by atoms with Crippen LogP contribution in [0.5, 0.6) is 0 Å². The maximum Gasteiger partial charge on any atom is 0.0788 e. The van der Waals surface area contributed by atoms with Crippen LogP contribution in [0.3, 0.4) is 0 Å². The highest BCUT2D eigenvalue weighted by Gasteiger charge is 2.46. The van der Waals surface area contributed by atoms with Gasteiger partial charge in [-0.25, -0.2) is 0 Å². The zero-order valence-corrected chi connectivity index (χ0v) is 12.6. The van der Waals surface area contributed by atoms with E-state index in [1.54, 1.807) is 7.11 Å². The van der Waals surface area contributed by atoms with Crippen molar-refractivity contribution in [1.29, 1.82) is 0 Å². The van der Waals surface area contributed by atoms with Crippen LogP contribution in [0.2, 0.25) is 0 Å². The molecular formula is C17H30O2. The number of hydrogen-bond acceptors (Lipinski definition) is 2. The van der Waals surface area contributed by atoms with E-state index in [9.17, 15) is 0 Å². The van der Waals surface area contributed by atoms with Gasteiger partial charge in [0.15, 0.2) is 0 Å². The summed E-state index contributed by atoms with van der Waals surface area (Å²) >= 11 is 0. The van der Waals surface area contributed by atoms with E-state index in [1.165, 1.54) is 51.4 Å². The van der Waals surface area contributed by atoms with Crippen LogP contribution >= 0.6 is 0 Å². The Labute approximate surface area is 118 Å². The Bertz CT molecular complexity index is 274. The molecular weight excluding hydrogens is 236 g/mol. The maximum absolute atomic E-state index is 6.22. The molecule has 4 atom stereocenters. The molecule has 0 radical (unpaired) electrons. The fourth-order valence-electron chi connectivity index (χ4n) is 3.89. The molecule has 2 aliphatic carbocycles. The van der Waals surface area contributed by atoms with E-state index in [0.717, 1.165) is 18.4 Å². The van der Waals surface area contributed by atoms with Gasteiger partial charge in [0.25, 0.3) is 0 Å². The average Bonchev–Trinajstić information content (AvgIpc) is 3.01. The Hall–Kier alpha value is -0.500. The van der Waals surface area contributed by atoms with Crippen molar-refractivity contribution in [3.63, 3.8) is 0 Å². The van der Waals surface area contributed by atoms with E-state index in [2.05, 4.69) is 13.0 Å². The molecule has 2 rings (SSSR count). The van der Waals surface area contributed by atoms with Crippen molar-refractivity contribution in [2.24, 2.45) is 17.8 Å². The maximum atomic E-state index is 6.22. The molecule has 110 valence electrons. The number of rotatable bonds is 9. The Kier molecular flexibility index (Phi) is 6.22. The second-order valence-electron chi connectivity index (χ2n) is 6.22. The van der Waals surface area contributed by atoms with Crippen molar-refractivity contribution >= 4 is 0 Å². The molecule has 2 bridgehead atoms. The summed E-state index contributed by atoms with van der Waals surface area (Å²) < 4.78 is 11.3. The lowest BCUT2D eigenvalue weighted by atomic mass is 9.86. The quantitative estimate of drug-likeness (QED) is 0.450. The largest absolute Gasteiger partial charge is 0.505 e. The lowest BCUT2D eigenvalue weighted by Crippen LogP contribution is -2.29. The summed E-state index contributed by atoms with van der Waals surface area (Å²) in [5, 5.41) is 0. The van der Waals surface area contributed by atoms with Crippen LogP contribution in [0.4, 0.5) is 0 Å². The van der Waals surface area contributed by atoms with Crippen LogP contribution in [0, 0.1) is 17.8 Å². The van der Waals surface area contributed by atoms with Crippen LogP contribution < -0.4 is 0 Å². The predicted molar refractivity (Wildman–Crippen MR) is 79.0 cm³/mol. The summed E-state index contributed by atoms with van der Waals surface area (Å²) in [6.45, 7) is 3.22. The normalized spacial score (nSPS) is 33.4. The lowest BCUT2D eigenvalue weighted by molar-refractivity contribution is -0.00807. The van der Waals surface area contributed by atoms with Gasteiger partial charge in [-0.3, -0.25) is 0 Å². The SMILES string of the molecule is CCCCCCCO[C@H]1[C@@H]2CC[C@@H](C2)[C@@H]1C=COC. The Balaban J connectivity index is 1.70. The molecule has 0 N–H and O–H groups in total. The first-order valence-corrected chi connectivity index (χ1v) is 8.18. The third-order valence-corrected chi connectivity index (χ3v) is 4.90. The van der Waals surface area contributed by atoms with E-state index in [1.807, 2.05) is 6.26 Å². The third kappa shape index (κ3) is 3.98. The van der Waals surface area contributed by atoms with Gasteiger partial charge in [-0.05, 0) is 43.6 Å². The molecule has 0 saturated heterocycles. The zero-order chi connectivity index (χ0) is 13.5. The molecule has 2 nitrogen and oxygen atoms in total. The fraction of sp³-hybridized carbons (Fsp3) is 0.882. The molecule has 0 spiro atoms. The zero-order valence-electron chi connectivity index (χ0n) is 12.6. The van der Waals surface area contributed by atoms with Gasteiger partial charge >= 0.3 is 0 Å². The van der Waals surface area contributed by atoms with Crippen molar-refractivity contribution in [2.75, 3.05) is 13.7 Å². The molecule has 0 amide bonds. The summed E-state index contributed by atoms with van der Waals surface area (Å²) in [6, 6.07) is 0. The van der Waals surface area contributed by atoms with Gasteiger partial charge in [0.1, 0.15) is 0 Å². The Morgan fingerprint density at radius 3 is 2.63 bits per heavy atom. The molecule has 0 aromatic heterocycles. The highest BCUT2D eigenvalue weighted by molar-refractivity contribution is 5.05. The monoisotopic (exact) mass is 266 g/mol. The van der Waals surface area contributed by atoms with Gasteiger partial charge in [0, 0.05) is 12.5 Å². The summed E-state index contributed by atoms with van der Waals surface area (Å²) in [5.74, 6) is 2.27. The summed E-state index contributed by atoms with van der Waals surface area (Å²) in [5.41, 5.74) is 0. The second kappa shape index (κ2) is 7.94. The number of fused-ring (bicyclic) bond motifs is 2. The molecule has 19 heavy (non-hydrogen) atoms. The lowest BCUT2D eigenvalue weighted by Gasteiger charge is -2.29. The van der Waals surface area contributed by atoms with Crippen LogP contribution in [0.25, 0.3) is 0 Å². The van der Waals surface area contributed by atoms with Crippen molar-refractivity contribution in [3.05, 3.63) is 12.3 Å². The van der Waals surface area contributed by atoms with Crippen LogP contribution in [-0.2, 0) is 9.47 Å². The summed E-state index contributed by atoms with van der Waals surface area (Å²) in [4.78, 5) is 0. The average molecular weight is 266 g/mol. The number of methoxy groups -OCH3 is 1. The second-order valence-corrected chi connectivity index (χ2v) is 6.22. The molecule has 0 heterocycles. The molecule has 0 unspecified atom stereocenters. The minimum Gasteiger partial charge on any atom is -0.505 e. The first-order valence-electron chi connectivity index (χ1n) is 8.18. The number of unbranched alkanes of at least 4 members (excludes halogenated alkanes) is 4. The van der Waals surface area contributed by atoms with Crippen molar-refractivity contribution < 1.29 is 9.47 Å². The molecule has 2 aliphatic rings. The van der Waals surface area contributed by atoms with E-state index < -0.39 is 0 Å². The molecule has 0 aromatic rings. The molecule has 0 aromatic carbocycles. The number of hydrogen-bond donors (Lipinski definition) is 0. The van der Waals surface area contributed by atoms with E-state index in [4.69, 9.17) is 9.47 Å².